The van der Waals surface area contributed by atoms with Crippen LogP contribution in [0, 0.1) is 6.92 Å². The van der Waals surface area contributed by atoms with Gasteiger partial charge in [-0.05, 0) is 36.8 Å². The summed E-state index contributed by atoms with van der Waals surface area (Å²) in [6.45, 7) is 2.53. The van der Waals surface area contributed by atoms with Crippen molar-refractivity contribution in [2.45, 2.75) is 13.5 Å². The second kappa shape index (κ2) is 7.42. The van der Waals surface area contributed by atoms with Crippen LogP contribution in [0.15, 0.2) is 72.9 Å². The summed E-state index contributed by atoms with van der Waals surface area (Å²) >= 11 is 0. The minimum Gasteiger partial charge on any atom is -0.354 e. The Morgan fingerprint density at radius 3 is 2.50 bits per heavy atom. The van der Waals surface area contributed by atoms with Crippen LogP contribution in [0.2, 0.25) is 0 Å². The molecule has 0 atom stereocenters. The largest absolute Gasteiger partial charge is 0.354 e. The lowest BCUT2D eigenvalue weighted by molar-refractivity contribution is 0.0946. The molecule has 1 heterocycles. The van der Waals surface area contributed by atoms with Crippen molar-refractivity contribution in [1.82, 2.24) is 10.3 Å². The van der Waals surface area contributed by atoms with Crippen molar-refractivity contribution < 1.29 is 4.79 Å². The molecule has 2 aromatic carbocycles. The number of nitrogens with one attached hydrogen (secondary N) is 2. The van der Waals surface area contributed by atoms with Crippen LogP contribution >= 0.6 is 0 Å². The van der Waals surface area contributed by atoms with E-state index in [0.29, 0.717) is 12.2 Å². The number of amides is 1. The number of carbonyl (C=O) groups is 1. The van der Waals surface area contributed by atoms with Crippen LogP contribution in [0.4, 0.5) is 11.4 Å². The highest BCUT2D eigenvalue weighted by atomic mass is 16.1. The van der Waals surface area contributed by atoms with E-state index in [4.69, 9.17) is 0 Å². The molecule has 4 nitrogen and oxygen atoms in total. The van der Waals surface area contributed by atoms with Crippen LogP contribution in [0.1, 0.15) is 21.6 Å². The number of nitrogens with zero attached hydrogens (tertiary/aromatic N) is 1. The van der Waals surface area contributed by atoms with Crippen molar-refractivity contribution in [3.8, 4) is 0 Å². The van der Waals surface area contributed by atoms with Crippen LogP contribution in [-0.4, -0.2) is 10.9 Å². The zero-order chi connectivity index (χ0) is 16.8. The van der Waals surface area contributed by atoms with E-state index in [0.717, 1.165) is 16.9 Å². The molecule has 2 N–H and O–H groups in total. The third-order valence-corrected chi connectivity index (χ3v) is 3.59. The molecule has 1 amide bonds. The average Bonchev–Trinajstić information content (AvgIpc) is 2.61. The Hall–Kier alpha value is -3.14. The van der Waals surface area contributed by atoms with Gasteiger partial charge in [0.15, 0.2) is 0 Å². The predicted molar refractivity (Wildman–Crippen MR) is 96.3 cm³/mol. The van der Waals surface area contributed by atoms with Crippen LogP contribution in [0.5, 0.6) is 0 Å². The normalized spacial score (nSPS) is 10.2. The first-order chi connectivity index (χ1) is 11.7. The zero-order valence-corrected chi connectivity index (χ0v) is 13.5. The first-order valence-corrected chi connectivity index (χ1v) is 7.82. The Balaban J connectivity index is 1.59. The van der Waals surface area contributed by atoms with E-state index < -0.39 is 0 Å². The first-order valence-electron chi connectivity index (χ1n) is 7.82. The molecule has 0 aliphatic carbocycles. The SMILES string of the molecule is Cc1cccc(CNC(=O)c2ccc(Nc3ccccc3)cn2)c1. The number of aryl methyl sites for hydroxylation is 1. The first kappa shape index (κ1) is 15.7. The lowest BCUT2D eigenvalue weighted by Crippen LogP contribution is -2.23. The van der Waals surface area contributed by atoms with Crippen LogP contribution in [0.3, 0.4) is 0 Å². The molecule has 1 aromatic heterocycles. The number of pyridine rings is 1. The highest BCUT2D eigenvalue weighted by Crippen LogP contribution is 2.15. The third kappa shape index (κ3) is 4.20. The van der Waals surface area contributed by atoms with Crippen LogP contribution < -0.4 is 10.6 Å². The molecule has 0 saturated carbocycles. The van der Waals surface area contributed by atoms with Crippen molar-refractivity contribution in [1.29, 1.82) is 0 Å². The van der Waals surface area contributed by atoms with E-state index in [1.165, 1.54) is 5.56 Å². The number of aromatic nitrogens is 1. The van der Waals surface area contributed by atoms with Crippen molar-refractivity contribution in [3.63, 3.8) is 0 Å². The Labute approximate surface area is 141 Å². The Bertz CT molecular complexity index is 814. The minimum absolute atomic E-state index is 0.178. The zero-order valence-electron chi connectivity index (χ0n) is 13.5. The Morgan fingerprint density at radius 1 is 0.958 bits per heavy atom. The van der Waals surface area contributed by atoms with E-state index in [9.17, 15) is 4.79 Å². The minimum atomic E-state index is -0.178. The number of benzene rings is 2. The van der Waals surface area contributed by atoms with Gasteiger partial charge in [0, 0.05) is 12.2 Å². The van der Waals surface area contributed by atoms with E-state index in [1.54, 1.807) is 12.3 Å². The van der Waals surface area contributed by atoms with Gasteiger partial charge in [0.25, 0.3) is 5.91 Å². The number of anilines is 2. The van der Waals surface area contributed by atoms with Gasteiger partial charge >= 0.3 is 0 Å². The van der Waals surface area contributed by atoms with Crippen LogP contribution in [-0.2, 0) is 6.54 Å². The molecule has 120 valence electrons. The smallest absolute Gasteiger partial charge is 0.270 e. The van der Waals surface area contributed by atoms with Gasteiger partial charge in [-0.2, -0.15) is 0 Å². The maximum atomic E-state index is 12.2. The lowest BCUT2D eigenvalue weighted by atomic mass is 10.1. The molecule has 0 bridgehead atoms. The second-order valence-electron chi connectivity index (χ2n) is 5.59. The molecule has 0 aliphatic heterocycles. The van der Waals surface area contributed by atoms with Gasteiger partial charge in [-0.25, -0.2) is 4.98 Å². The molecule has 0 radical (unpaired) electrons. The van der Waals surface area contributed by atoms with Gasteiger partial charge in [0.2, 0.25) is 0 Å². The number of rotatable bonds is 5. The molecule has 24 heavy (non-hydrogen) atoms. The standard InChI is InChI=1S/C20H19N3O/c1-15-6-5-7-16(12-15)13-22-20(24)19-11-10-18(14-21-19)23-17-8-3-2-4-9-17/h2-12,14,23H,13H2,1H3,(H,22,24). The van der Waals surface area contributed by atoms with Gasteiger partial charge in [0.1, 0.15) is 5.69 Å². The monoisotopic (exact) mass is 317 g/mol. The number of para-hydroxylation sites is 1. The van der Waals surface area contributed by atoms with Crippen molar-refractivity contribution in [2.75, 3.05) is 5.32 Å². The van der Waals surface area contributed by atoms with Crippen molar-refractivity contribution in [3.05, 3.63) is 89.7 Å². The molecule has 3 rings (SSSR count). The molecular formula is C20H19N3O. The quantitative estimate of drug-likeness (QED) is 0.746. The molecule has 0 aliphatic rings. The Morgan fingerprint density at radius 2 is 1.79 bits per heavy atom. The average molecular weight is 317 g/mol. The molecular weight excluding hydrogens is 298 g/mol. The van der Waals surface area contributed by atoms with Gasteiger partial charge in [0.05, 0.1) is 11.9 Å². The lowest BCUT2D eigenvalue weighted by Gasteiger charge is -2.08. The summed E-state index contributed by atoms with van der Waals surface area (Å²) in [6.07, 6.45) is 1.66. The van der Waals surface area contributed by atoms with E-state index in [2.05, 4.69) is 21.7 Å². The number of carbonyl (C=O) groups excluding carboxylic acids is 1. The van der Waals surface area contributed by atoms with E-state index >= 15 is 0 Å². The Kier molecular flexibility index (Phi) is 4.87. The summed E-state index contributed by atoms with van der Waals surface area (Å²) < 4.78 is 0. The highest BCUT2D eigenvalue weighted by molar-refractivity contribution is 5.92. The fourth-order valence-corrected chi connectivity index (χ4v) is 2.39. The van der Waals surface area contributed by atoms with Crippen molar-refractivity contribution in [2.24, 2.45) is 0 Å². The molecule has 0 unspecified atom stereocenters. The van der Waals surface area contributed by atoms with Crippen molar-refractivity contribution >= 4 is 17.3 Å². The summed E-state index contributed by atoms with van der Waals surface area (Å²) in [4.78, 5) is 16.4. The predicted octanol–water partition coefficient (Wildman–Crippen LogP) is 4.06. The van der Waals surface area contributed by atoms with E-state index in [1.807, 2.05) is 61.5 Å². The fourth-order valence-electron chi connectivity index (χ4n) is 2.39. The third-order valence-electron chi connectivity index (χ3n) is 3.59. The molecule has 0 spiro atoms. The summed E-state index contributed by atoms with van der Waals surface area (Å²) in [5, 5.41) is 6.13. The second-order valence-corrected chi connectivity index (χ2v) is 5.59. The van der Waals surface area contributed by atoms with E-state index in [-0.39, 0.29) is 5.91 Å². The van der Waals surface area contributed by atoms with Gasteiger partial charge < -0.3 is 10.6 Å². The molecule has 0 fully saturated rings. The topological polar surface area (TPSA) is 54.0 Å². The number of hydrogen-bond acceptors (Lipinski definition) is 3. The van der Waals surface area contributed by atoms with Gasteiger partial charge in [-0.1, -0.05) is 48.0 Å². The van der Waals surface area contributed by atoms with Gasteiger partial charge in [-0.15, -0.1) is 0 Å². The number of hydrogen-bond donors (Lipinski definition) is 2. The summed E-state index contributed by atoms with van der Waals surface area (Å²) in [7, 11) is 0. The summed E-state index contributed by atoms with van der Waals surface area (Å²) in [5.74, 6) is -0.178. The highest BCUT2D eigenvalue weighted by Gasteiger charge is 2.07. The fraction of sp³-hybridized carbons (Fsp3) is 0.100. The molecule has 4 heteroatoms. The summed E-state index contributed by atoms with van der Waals surface area (Å²) in [6, 6.07) is 21.5. The summed E-state index contributed by atoms with van der Waals surface area (Å²) in [5.41, 5.74) is 4.48. The maximum absolute atomic E-state index is 12.2. The van der Waals surface area contributed by atoms with Crippen LogP contribution in [0.25, 0.3) is 0 Å². The molecule has 3 aromatic rings. The molecule has 0 saturated heterocycles. The van der Waals surface area contributed by atoms with Gasteiger partial charge in [-0.3, -0.25) is 4.79 Å². The maximum Gasteiger partial charge on any atom is 0.270 e.